The smallest absolute Gasteiger partial charge is 0.131 e. The zero-order valence-corrected chi connectivity index (χ0v) is 10.4. The molecule has 3 rings (SSSR count). The SMILES string of the molecule is Fc1cc(Br)cc2c1CC1(CCNCC1)O2. The van der Waals surface area contributed by atoms with E-state index in [4.69, 9.17) is 4.74 Å². The van der Waals surface area contributed by atoms with Crippen LogP contribution in [0.4, 0.5) is 4.39 Å². The van der Waals surface area contributed by atoms with Crippen molar-refractivity contribution in [2.24, 2.45) is 0 Å². The summed E-state index contributed by atoms with van der Waals surface area (Å²) in [4.78, 5) is 0. The van der Waals surface area contributed by atoms with Crippen molar-refractivity contribution in [3.63, 3.8) is 0 Å². The van der Waals surface area contributed by atoms with E-state index in [1.165, 1.54) is 6.07 Å². The van der Waals surface area contributed by atoms with Crippen LogP contribution in [0.1, 0.15) is 18.4 Å². The van der Waals surface area contributed by atoms with Gasteiger partial charge in [-0.3, -0.25) is 0 Å². The summed E-state index contributed by atoms with van der Waals surface area (Å²) in [6.45, 7) is 1.91. The highest BCUT2D eigenvalue weighted by atomic mass is 79.9. The highest BCUT2D eigenvalue weighted by Crippen LogP contribution is 2.42. The van der Waals surface area contributed by atoms with E-state index in [1.807, 2.05) is 6.07 Å². The summed E-state index contributed by atoms with van der Waals surface area (Å²) in [5.41, 5.74) is 0.583. The monoisotopic (exact) mass is 285 g/mol. The third-order valence-electron chi connectivity index (χ3n) is 3.46. The Labute approximate surface area is 102 Å². The van der Waals surface area contributed by atoms with Gasteiger partial charge >= 0.3 is 0 Å². The number of piperidine rings is 1. The molecule has 0 radical (unpaired) electrons. The molecule has 4 heteroatoms. The predicted molar refractivity (Wildman–Crippen MR) is 63.3 cm³/mol. The summed E-state index contributed by atoms with van der Waals surface area (Å²) in [6.07, 6.45) is 2.63. The summed E-state index contributed by atoms with van der Waals surface area (Å²) < 4.78 is 20.5. The van der Waals surface area contributed by atoms with Crippen molar-refractivity contribution >= 4 is 15.9 Å². The van der Waals surface area contributed by atoms with Crippen LogP contribution in [0.3, 0.4) is 0 Å². The van der Waals surface area contributed by atoms with Crippen LogP contribution in [0, 0.1) is 5.82 Å². The fraction of sp³-hybridized carbons (Fsp3) is 0.500. The molecule has 2 nitrogen and oxygen atoms in total. The van der Waals surface area contributed by atoms with Crippen molar-refractivity contribution in [2.45, 2.75) is 24.9 Å². The normalized spacial score (nSPS) is 21.9. The Kier molecular flexibility index (Phi) is 2.44. The first-order chi connectivity index (χ1) is 7.69. The molecule has 1 N–H and O–H groups in total. The molecule has 0 atom stereocenters. The molecule has 0 aliphatic carbocycles. The second kappa shape index (κ2) is 3.70. The van der Waals surface area contributed by atoms with E-state index < -0.39 is 0 Å². The highest BCUT2D eigenvalue weighted by molar-refractivity contribution is 9.10. The summed E-state index contributed by atoms with van der Waals surface area (Å²) in [5.74, 6) is 0.563. The second-order valence-corrected chi connectivity index (χ2v) is 5.49. The highest BCUT2D eigenvalue weighted by Gasteiger charge is 2.41. The van der Waals surface area contributed by atoms with Gasteiger partial charge in [0.05, 0.1) is 0 Å². The van der Waals surface area contributed by atoms with Crippen LogP contribution in [-0.4, -0.2) is 18.7 Å². The van der Waals surface area contributed by atoms with E-state index in [1.54, 1.807) is 0 Å². The average molecular weight is 286 g/mol. The fourth-order valence-electron chi connectivity index (χ4n) is 2.60. The summed E-state index contributed by atoms with van der Waals surface area (Å²) in [5, 5.41) is 3.31. The minimum atomic E-state index is -0.158. The molecule has 2 heterocycles. The van der Waals surface area contributed by atoms with Crippen LogP contribution < -0.4 is 10.1 Å². The number of benzene rings is 1. The van der Waals surface area contributed by atoms with Crippen molar-refractivity contribution in [1.29, 1.82) is 0 Å². The van der Waals surface area contributed by atoms with E-state index in [0.29, 0.717) is 12.2 Å². The molecule has 2 aliphatic rings. The Morgan fingerprint density at radius 2 is 2.06 bits per heavy atom. The molecule has 1 spiro atoms. The maximum atomic E-state index is 13.8. The molecule has 0 unspecified atom stereocenters. The van der Waals surface area contributed by atoms with Crippen LogP contribution in [0.25, 0.3) is 0 Å². The maximum Gasteiger partial charge on any atom is 0.131 e. The zero-order valence-electron chi connectivity index (χ0n) is 8.85. The third kappa shape index (κ3) is 1.64. The summed E-state index contributed by atoms with van der Waals surface area (Å²) in [7, 11) is 0. The lowest BCUT2D eigenvalue weighted by Gasteiger charge is -2.33. The van der Waals surface area contributed by atoms with E-state index in [-0.39, 0.29) is 11.4 Å². The van der Waals surface area contributed by atoms with Crippen LogP contribution >= 0.6 is 15.9 Å². The van der Waals surface area contributed by atoms with E-state index in [2.05, 4.69) is 21.2 Å². The van der Waals surface area contributed by atoms with Gasteiger partial charge in [0.1, 0.15) is 17.2 Å². The quantitative estimate of drug-likeness (QED) is 0.791. The fourth-order valence-corrected chi connectivity index (χ4v) is 3.00. The molecule has 2 aliphatic heterocycles. The number of ether oxygens (including phenoxy) is 1. The van der Waals surface area contributed by atoms with Gasteiger partial charge in [-0.25, -0.2) is 4.39 Å². The first-order valence-corrected chi connectivity index (χ1v) is 6.36. The van der Waals surface area contributed by atoms with Crippen molar-refractivity contribution < 1.29 is 9.13 Å². The number of nitrogens with one attached hydrogen (secondary N) is 1. The minimum Gasteiger partial charge on any atom is -0.486 e. The van der Waals surface area contributed by atoms with Gasteiger partial charge in [0.15, 0.2) is 0 Å². The molecular weight excluding hydrogens is 273 g/mol. The van der Waals surface area contributed by atoms with Crippen LogP contribution in [0.2, 0.25) is 0 Å². The molecule has 86 valence electrons. The molecule has 1 saturated heterocycles. The van der Waals surface area contributed by atoms with Gasteiger partial charge in [-0.2, -0.15) is 0 Å². The number of hydrogen-bond donors (Lipinski definition) is 1. The second-order valence-electron chi connectivity index (χ2n) is 4.58. The molecule has 0 saturated carbocycles. The van der Waals surface area contributed by atoms with E-state index in [0.717, 1.165) is 36.0 Å². The molecular formula is C12H13BrFNO. The van der Waals surface area contributed by atoms with Gasteiger partial charge in [0.25, 0.3) is 0 Å². The predicted octanol–water partition coefficient (Wildman–Crippen LogP) is 2.65. The van der Waals surface area contributed by atoms with Crippen molar-refractivity contribution in [1.82, 2.24) is 5.32 Å². The van der Waals surface area contributed by atoms with Crippen LogP contribution in [-0.2, 0) is 6.42 Å². The first kappa shape index (κ1) is 10.5. The molecule has 1 aromatic rings. The topological polar surface area (TPSA) is 21.3 Å². The van der Waals surface area contributed by atoms with Gasteiger partial charge in [-0.1, -0.05) is 15.9 Å². The Balaban J connectivity index is 1.96. The van der Waals surface area contributed by atoms with Crippen LogP contribution in [0.5, 0.6) is 5.75 Å². The van der Waals surface area contributed by atoms with Crippen molar-refractivity contribution in [3.05, 3.63) is 28.0 Å². The van der Waals surface area contributed by atoms with Gasteiger partial charge in [-0.05, 0) is 38.1 Å². The third-order valence-corrected chi connectivity index (χ3v) is 3.92. The van der Waals surface area contributed by atoms with Gasteiger partial charge in [-0.15, -0.1) is 0 Å². The Morgan fingerprint density at radius 1 is 1.31 bits per heavy atom. The Hall–Kier alpha value is -0.610. The number of fused-ring (bicyclic) bond motifs is 1. The van der Waals surface area contributed by atoms with Crippen molar-refractivity contribution in [3.8, 4) is 5.75 Å². The number of rotatable bonds is 0. The number of halogens is 2. The van der Waals surface area contributed by atoms with Gasteiger partial charge in [0.2, 0.25) is 0 Å². The maximum absolute atomic E-state index is 13.8. The molecule has 0 bridgehead atoms. The van der Waals surface area contributed by atoms with Gasteiger partial charge < -0.3 is 10.1 Å². The van der Waals surface area contributed by atoms with Gasteiger partial charge in [0, 0.05) is 16.5 Å². The largest absolute Gasteiger partial charge is 0.486 e. The standard InChI is InChI=1S/C12H13BrFNO/c13-8-5-10(14)9-7-12(16-11(9)6-8)1-3-15-4-2-12/h5-6,15H,1-4,7H2. The van der Waals surface area contributed by atoms with E-state index in [9.17, 15) is 4.39 Å². The average Bonchev–Trinajstić information content (AvgIpc) is 2.57. The minimum absolute atomic E-state index is 0.153. The van der Waals surface area contributed by atoms with Crippen LogP contribution in [0.15, 0.2) is 16.6 Å². The molecule has 1 aromatic carbocycles. The zero-order chi connectivity index (χ0) is 11.2. The van der Waals surface area contributed by atoms with Crippen molar-refractivity contribution in [2.75, 3.05) is 13.1 Å². The molecule has 0 aromatic heterocycles. The molecule has 16 heavy (non-hydrogen) atoms. The summed E-state index contributed by atoms with van der Waals surface area (Å²) in [6, 6.07) is 3.39. The lowest BCUT2D eigenvalue weighted by Crippen LogP contribution is -2.45. The Bertz CT molecular complexity index is 429. The lowest BCUT2D eigenvalue weighted by molar-refractivity contribution is 0.0599. The lowest BCUT2D eigenvalue weighted by atomic mass is 9.88. The first-order valence-electron chi connectivity index (χ1n) is 5.56. The van der Waals surface area contributed by atoms with E-state index >= 15 is 0 Å². The number of hydrogen-bond acceptors (Lipinski definition) is 2. The molecule has 1 fully saturated rings. The summed E-state index contributed by atoms with van der Waals surface area (Å²) >= 11 is 3.30. The molecule has 0 amide bonds. The Morgan fingerprint density at radius 3 is 2.81 bits per heavy atom.